The summed E-state index contributed by atoms with van der Waals surface area (Å²) in [6, 6.07) is 7.90. The number of hydrogen-bond donors (Lipinski definition) is 0. The number of terminal acetylenes is 1. The monoisotopic (exact) mass is 145 g/mol. The molecule has 0 bridgehead atoms. The van der Waals surface area contributed by atoms with E-state index in [-0.39, 0.29) is 0 Å². The van der Waals surface area contributed by atoms with Gasteiger partial charge >= 0.3 is 0 Å². The van der Waals surface area contributed by atoms with Crippen LogP contribution in [0.5, 0.6) is 0 Å². The lowest BCUT2D eigenvalue weighted by molar-refractivity contribution is 1.13. The van der Waals surface area contributed by atoms with Gasteiger partial charge in [0, 0.05) is 25.3 Å². The second-order valence-corrected chi connectivity index (χ2v) is 2.59. The van der Waals surface area contributed by atoms with Crippen molar-refractivity contribution in [3.8, 4) is 12.3 Å². The zero-order valence-electron chi connectivity index (χ0n) is 6.83. The van der Waals surface area contributed by atoms with Gasteiger partial charge in [0.2, 0.25) is 0 Å². The molecule has 0 atom stereocenters. The SMILES string of the molecule is C#Cc1ccc(N(C)C)cc1. The van der Waals surface area contributed by atoms with E-state index in [4.69, 9.17) is 6.42 Å². The molecule has 56 valence electrons. The smallest absolute Gasteiger partial charge is 0.0361 e. The third-order valence-corrected chi connectivity index (χ3v) is 1.55. The maximum absolute atomic E-state index is 5.21. The lowest BCUT2D eigenvalue weighted by atomic mass is 10.2. The summed E-state index contributed by atoms with van der Waals surface area (Å²) < 4.78 is 0. The van der Waals surface area contributed by atoms with Crippen molar-refractivity contribution in [2.45, 2.75) is 0 Å². The van der Waals surface area contributed by atoms with E-state index >= 15 is 0 Å². The van der Waals surface area contributed by atoms with Gasteiger partial charge in [-0.2, -0.15) is 0 Å². The first-order valence-corrected chi connectivity index (χ1v) is 3.48. The molecule has 0 heterocycles. The van der Waals surface area contributed by atoms with Crippen LogP contribution in [0.25, 0.3) is 0 Å². The number of hydrogen-bond acceptors (Lipinski definition) is 1. The molecule has 0 spiro atoms. The fraction of sp³-hybridized carbons (Fsp3) is 0.200. The second-order valence-electron chi connectivity index (χ2n) is 2.59. The van der Waals surface area contributed by atoms with Crippen LogP contribution >= 0.6 is 0 Å². The molecule has 0 N–H and O–H groups in total. The highest BCUT2D eigenvalue weighted by molar-refractivity contribution is 5.48. The van der Waals surface area contributed by atoms with E-state index in [0.29, 0.717) is 0 Å². The molecule has 0 fully saturated rings. The Hall–Kier alpha value is -1.42. The van der Waals surface area contributed by atoms with Crippen molar-refractivity contribution in [3.63, 3.8) is 0 Å². The van der Waals surface area contributed by atoms with E-state index in [9.17, 15) is 0 Å². The summed E-state index contributed by atoms with van der Waals surface area (Å²) in [5, 5.41) is 0. The lowest BCUT2D eigenvalue weighted by Gasteiger charge is -2.11. The molecule has 0 aromatic heterocycles. The van der Waals surface area contributed by atoms with Gasteiger partial charge in [0.25, 0.3) is 0 Å². The Kier molecular flexibility index (Phi) is 2.18. The highest BCUT2D eigenvalue weighted by Crippen LogP contribution is 2.10. The number of benzene rings is 1. The van der Waals surface area contributed by atoms with E-state index in [2.05, 4.69) is 5.92 Å². The summed E-state index contributed by atoms with van der Waals surface area (Å²) in [5.74, 6) is 2.57. The Morgan fingerprint density at radius 1 is 1.18 bits per heavy atom. The molecule has 1 rings (SSSR count). The average Bonchev–Trinajstić information content (AvgIpc) is 2.05. The van der Waals surface area contributed by atoms with Crippen LogP contribution in [-0.2, 0) is 0 Å². The third kappa shape index (κ3) is 1.75. The van der Waals surface area contributed by atoms with Crippen molar-refractivity contribution in [3.05, 3.63) is 29.8 Å². The molecule has 1 aromatic carbocycles. The Labute approximate surface area is 67.7 Å². The fourth-order valence-corrected chi connectivity index (χ4v) is 0.856. The van der Waals surface area contributed by atoms with Crippen LogP contribution in [0.2, 0.25) is 0 Å². The molecular weight excluding hydrogens is 134 g/mol. The van der Waals surface area contributed by atoms with E-state index in [1.807, 2.05) is 43.3 Å². The van der Waals surface area contributed by atoms with Gasteiger partial charge in [-0.25, -0.2) is 0 Å². The highest BCUT2D eigenvalue weighted by atomic mass is 15.1. The lowest BCUT2D eigenvalue weighted by Crippen LogP contribution is -2.07. The molecule has 0 saturated carbocycles. The van der Waals surface area contributed by atoms with E-state index < -0.39 is 0 Å². The van der Waals surface area contributed by atoms with Crippen LogP contribution in [0.15, 0.2) is 24.3 Å². The average molecular weight is 145 g/mol. The zero-order chi connectivity index (χ0) is 8.27. The number of anilines is 1. The normalized spacial score (nSPS) is 8.82. The summed E-state index contributed by atoms with van der Waals surface area (Å²) in [5.41, 5.74) is 2.10. The van der Waals surface area contributed by atoms with E-state index in [1.165, 1.54) is 5.69 Å². The number of rotatable bonds is 1. The van der Waals surface area contributed by atoms with E-state index in [1.54, 1.807) is 0 Å². The van der Waals surface area contributed by atoms with Crippen LogP contribution < -0.4 is 4.90 Å². The molecule has 1 heteroatoms. The fourth-order valence-electron chi connectivity index (χ4n) is 0.856. The van der Waals surface area contributed by atoms with Crippen LogP contribution in [0.4, 0.5) is 5.69 Å². The first-order chi connectivity index (χ1) is 5.24. The summed E-state index contributed by atoms with van der Waals surface area (Å²) in [6.07, 6.45) is 5.21. The molecule has 1 aromatic rings. The standard InChI is InChI=1S/C10H11N/c1-4-9-5-7-10(8-6-9)11(2)3/h1,5-8H,2-3H3. The minimum Gasteiger partial charge on any atom is -0.378 e. The first kappa shape index (κ1) is 7.68. The minimum absolute atomic E-state index is 0.926. The molecule has 0 unspecified atom stereocenters. The maximum Gasteiger partial charge on any atom is 0.0361 e. The molecule has 1 nitrogen and oxygen atoms in total. The highest BCUT2D eigenvalue weighted by Gasteiger charge is 1.92. The summed E-state index contributed by atoms with van der Waals surface area (Å²) in [7, 11) is 4.01. The summed E-state index contributed by atoms with van der Waals surface area (Å²) in [6.45, 7) is 0. The predicted octanol–water partition coefficient (Wildman–Crippen LogP) is 1.73. The van der Waals surface area contributed by atoms with Gasteiger partial charge in [-0.3, -0.25) is 0 Å². The largest absolute Gasteiger partial charge is 0.378 e. The van der Waals surface area contributed by atoms with Gasteiger partial charge in [0.1, 0.15) is 0 Å². The minimum atomic E-state index is 0.926. The van der Waals surface area contributed by atoms with Crippen molar-refractivity contribution in [2.75, 3.05) is 19.0 Å². The van der Waals surface area contributed by atoms with E-state index in [0.717, 1.165) is 5.56 Å². The van der Waals surface area contributed by atoms with Crippen LogP contribution in [0.1, 0.15) is 5.56 Å². The molecule has 0 saturated heterocycles. The topological polar surface area (TPSA) is 3.24 Å². The van der Waals surface area contributed by atoms with Crippen molar-refractivity contribution in [2.24, 2.45) is 0 Å². The molecule has 0 aliphatic heterocycles. The predicted molar refractivity (Wildman–Crippen MR) is 48.7 cm³/mol. The Morgan fingerprint density at radius 2 is 1.73 bits per heavy atom. The molecular formula is C10H11N. The molecule has 0 aliphatic rings. The van der Waals surface area contributed by atoms with Crippen molar-refractivity contribution in [1.82, 2.24) is 0 Å². The van der Waals surface area contributed by atoms with Gasteiger partial charge in [-0.15, -0.1) is 6.42 Å². The van der Waals surface area contributed by atoms with Crippen molar-refractivity contribution < 1.29 is 0 Å². The Morgan fingerprint density at radius 3 is 2.09 bits per heavy atom. The summed E-state index contributed by atoms with van der Waals surface area (Å²) in [4.78, 5) is 2.04. The van der Waals surface area contributed by atoms with Gasteiger partial charge in [-0.05, 0) is 24.3 Å². The van der Waals surface area contributed by atoms with Crippen molar-refractivity contribution in [1.29, 1.82) is 0 Å². The van der Waals surface area contributed by atoms with Gasteiger partial charge in [0.05, 0.1) is 0 Å². The zero-order valence-corrected chi connectivity index (χ0v) is 6.83. The van der Waals surface area contributed by atoms with Crippen LogP contribution in [-0.4, -0.2) is 14.1 Å². The van der Waals surface area contributed by atoms with Gasteiger partial charge < -0.3 is 4.90 Å². The molecule has 11 heavy (non-hydrogen) atoms. The molecule has 0 aliphatic carbocycles. The second kappa shape index (κ2) is 3.12. The molecule has 0 radical (unpaired) electrons. The first-order valence-electron chi connectivity index (χ1n) is 3.48. The van der Waals surface area contributed by atoms with Gasteiger partial charge in [0.15, 0.2) is 0 Å². The Balaban J connectivity index is 2.94. The molecule has 0 amide bonds. The van der Waals surface area contributed by atoms with Crippen molar-refractivity contribution >= 4 is 5.69 Å². The third-order valence-electron chi connectivity index (χ3n) is 1.55. The quantitative estimate of drug-likeness (QED) is 0.544. The number of nitrogens with zero attached hydrogens (tertiary/aromatic N) is 1. The summed E-state index contributed by atoms with van der Waals surface area (Å²) >= 11 is 0. The van der Waals surface area contributed by atoms with Crippen LogP contribution in [0, 0.1) is 12.3 Å². The van der Waals surface area contributed by atoms with Gasteiger partial charge in [-0.1, -0.05) is 5.92 Å². The van der Waals surface area contributed by atoms with Crippen LogP contribution in [0.3, 0.4) is 0 Å². The Bertz CT molecular complexity index is 264. The maximum atomic E-state index is 5.21.